The van der Waals surface area contributed by atoms with E-state index in [4.69, 9.17) is 9.47 Å². The number of para-hydroxylation sites is 1. The van der Waals surface area contributed by atoms with Crippen molar-refractivity contribution in [2.45, 2.75) is 6.42 Å². The molecule has 1 aromatic heterocycles. The first-order chi connectivity index (χ1) is 11.9. The van der Waals surface area contributed by atoms with Crippen molar-refractivity contribution in [2.24, 2.45) is 0 Å². The number of allylic oxidation sites excluding steroid dienone is 6. The molecule has 1 aliphatic heterocycles. The number of ether oxygens (including phenoxy) is 2. The van der Waals surface area contributed by atoms with Gasteiger partial charge >= 0.3 is 0 Å². The van der Waals surface area contributed by atoms with Crippen LogP contribution in [0.5, 0.6) is 5.75 Å². The second-order valence-corrected chi connectivity index (χ2v) is 6.24. The Bertz CT molecular complexity index is 780. The van der Waals surface area contributed by atoms with E-state index in [2.05, 4.69) is 47.9 Å². The van der Waals surface area contributed by atoms with Gasteiger partial charge in [-0.05, 0) is 35.6 Å². The van der Waals surface area contributed by atoms with E-state index in [0.717, 1.165) is 33.9 Å². The quantitative estimate of drug-likeness (QED) is 0.629. The Hall–Kier alpha value is -2.36. The summed E-state index contributed by atoms with van der Waals surface area (Å²) in [5, 5.41) is 2.07. The van der Waals surface area contributed by atoms with Gasteiger partial charge in [-0.25, -0.2) is 0 Å². The Morgan fingerprint density at radius 3 is 2.83 bits per heavy atom. The Morgan fingerprint density at radius 1 is 1.08 bits per heavy atom. The number of thiophene rings is 1. The number of hydrogen-bond donors (Lipinski definition) is 0. The molecule has 2 nitrogen and oxygen atoms in total. The fourth-order valence-corrected chi connectivity index (χ4v) is 3.11. The van der Waals surface area contributed by atoms with Gasteiger partial charge in [0.05, 0.1) is 11.5 Å². The first kappa shape index (κ1) is 16.5. The van der Waals surface area contributed by atoms with Gasteiger partial charge in [-0.2, -0.15) is 0 Å². The Labute approximate surface area is 147 Å². The van der Waals surface area contributed by atoms with Crippen LogP contribution in [-0.4, -0.2) is 13.7 Å². The van der Waals surface area contributed by atoms with Crippen LogP contribution in [0.4, 0.5) is 0 Å². The zero-order valence-electron chi connectivity index (χ0n) is 13.6. The molecule has 0 spiro atoms. The molecule has 24 heavy (non-hydrogen) atoms. The third-order valence-electron chi connectivity index (χ3n) is 3.58. The van der Waals surface area contributed by atoms with E-state index in [-0.39, 0.29) is 0 Å². The molecule has 0 unspecified atom stereocenters. The van der Waals surface area contributed by atoms with Gasteiger partial charge in [0.15, 0.2) is 0 Å². The summed E-state index contributed by atoms with van der Waals surface area (Å²) in [4.78, 5) is 1.14. The molecule has 2 aromatic rings. The minimum atomic E-state index is 0.659. The largest absolute Gasteiger partial charge is 0.455 e. The summed E-state index contributed by atoms with van der Waals surface area (Å²) in [7, 11) is 1.70. The first-order valence-corrected chi connectivity index (χ1v) is 8.80. The van der Waals surface area contributed by atoms with E-state index < -0.39 is 0 Å². The van der Waals surface area contributed by atoms with Crippen molar-refractivity contribution in [3.63, 3.8) is 0 Å². The maximum absolute atomic E-state index is 6.06. The number of fused-ring (bicyclic) bond motifs is 1. The van der Waals surface area contributed by atoms with E-state index in [1.54, 1.807) is 18.4 Å². The van der Waals surface area contributed by atoms with Crippen LogP contribution in [0.2, 0.25) is 0 Å². The lowest BCUT2D eigenvalue weighted by Gasteiger charge is -2.19. The summed E-state index contributed by atoms with van der Waals surface area (Å²) in [5.41, 5.74) is 2.29. The monoisotopic (exact) mass is 336 g/mol. The van der Waals surface area contributed by atoms with Gasteiger partial charge in [-0.1, -0.05) is 54.6 Å². The molecule has 1 aliphatic rings. The predicted molar refractivity (Wildman–Crippen MR) is 102 cm³/mol. The molecular formula is C21H20O2S. The van der Waals surface area contributed by atoms with E-state index in [9.17, 15) is 0 Å². The van der Waals surface area contributed by atoms with Crippen molar-refractivity contribution in [2.75, 3.05) is 13.7 Å². The van der Waals surface area contributed by atoms with Crippen molar-refractivity contribution in [3.8, 4) is 5.75 Å². The highest BCUT2D eigenvalue weighted by Gasteiger charge is 2.17. The smallest absolute Gasteiger partial charge is 0.145 e. The van der Waals surface area contributed by atoms with Crippen LogP contribution in [0, 0.1) is 0 Å². The second kappa shape index (κ2) is 8.48. The van der Waals surface area contributed by atoms with E-state index >= 15 is 0 Å². The lowest BCUT2D eigenvalue weighted by Crippen LogP contribution is -2.02. The van der Waals surface area contributed by atoms with E-state index in [1.165, 1.54) is 0 Å². The van der Waals surface area contributed by atoms with Gasteiger partial charge < -0.3 is 9.47 Å². The molecule has 0 N–H and O–H groups in total. The summed E-state index contributed by atoms with van der Waals surface area (Å²) in [6.07, 6.45) is 13.5. The van der Waals surface area contributed by atoms with E-state index in [1.807, 2.05) is 30.3 Å². The number of hydrogen-bond acceptors (Lipinski definition) is 3. The van der Waals surface area contributed by atoms with Crippen molar-refractivity contribution >= 4 is 22.7 Å². The normalized spacial score (nSPS) is 15.7. The van der Waals surface area contributed by atoms with Gasteiger partial charge in [0, 0.05) is 12.7 Å². The Kier molecular flexibility index (Phi) is 5.83. The van der Waals surface area contributed by atoms with Gasteiger partial charge in [-0.15, -0.1) is 11.3 Å². The molecule has 0 fully saturated rings. The van der Waals surface area contributed by atoms with Gasteiger partial charge in [-0.3, -0.25) is 0 Å². The summed E-state index contributed by atoms with van der Waals surface area (Å²) in [5.74, 6) is 1.81. The highest BCUT2D eigenvalue weighted by atomic mass is 32.1. The number of benzene rings is 1. The third-order valence-corrected chi connectivity index (χ3v) is 4.47. The van der Waals surface area contributed by atoms with Crippen LogP contribution in [0.1, 0.15) is 16.9 Å². The molecule has 2 heterocycles. The topological polar surface area (TPSA) is 18.5 Å². The second-order valence-electron chi connectivity index (χ2n) is 5.30. The number of rotatable bonds is 6. The van der Waals surface area contributed by atoms with Gasteiger partial charge in [0.1, 0.15) is 11.5 Å². The highest BCUT2D eigenvalue weighted by Crippen LogP contribution is 2.37. The lowest BCUT2D eigenvalue weighted by atomic mass is 10.0. The maximum Gasteiger partial charge on any atom is 0.145 e. The van der Waals surface area contributed by atoms with Crippen LogP contribution in [0.15, 0.2) is 78.2 Å². The fraction of sp³-hybridized carbons (Fsp3) is 0.143. The van der Waals surface area contributed by atoms with Crippen molar-refractivity contribution in [1.82, 2.24) is 0 Å². The SMILES string of the molecule is COC/C=C/C/C=C/C=C1/C=C(c2cccs2)Oc2ccccc21. The zero-order valence-corrected chi connectivity index (χ0v) is 14.5. The standard InChI is InChI=1S/C21H20O2S/c1-22-14-8-4-2-3-5-10-17-16-20(21-13-9-15-24-21)23-19-12-7-6-11-18(17)19/h3-13,15-16H,2,14H2,1H3/b5-3+,8-4+,17-10-. The molecule has 0 atom stereocenters. The van der Waals surface area contributed by atoms with Crippen LogP contribution in [0.25, 0.3) is 11.3 Å². The number of methoxy groups -OCH3 is 1. The first-order valence-electron chi connectivity index (χ1n) is 7.92. The van der Waals surface area contributed by atoms with E-state index in [0.29, 0.717) is 6.61 Å². The molecule has 0 aliphatic carbocycles. The van der Waals surface area contributed by atoms with Gasteiger partial charge in [0.25, 0.3) is 0 Å². The minimum absolute atomic E-state index is 0.659. The molecule has 1 aromatic carbocycles. The summed E-state index contributed by atoms with van der Waals surface area (Å²) in [6.45, 7) is 0.659. The highest BCUT2D eigenvalue weighted by molar-refractivity contribution is 7.11. The molecule has 0 bridgehead atoms. The van der Waals surface area contributed by atoms with Crippen LogP contribution in [0.3, 0.4) is 0 Å². The molecule has 0 amide bonds. The Morgan fingerprint density at radius 2 is 2.00 bits per heavy atom. The lowest BCUT2D eigenvalue weighted by molar-refractivity contribution is 0.233. The molecule has 0 saturated heterocycles. The van der Waals surface area contributed by atoms with Crippen LogP contribution < -0.4 is 4.74 Å². The van der Waals surface area contributed by atoms with Crippen molar-refractivity contribution < 1.29 is 9.47 Å². The van der Waals surface area contributed by atoms with Gasteiger partial charge in [0.2, 0.25) is 0 Å². The average molecular weight is 336 g/mol. The molecular weight excluding hydrogens is 316 g/mol. The molecule has 122 valence electrons. The molecule has 3 heteroatoms. The summed E-state index contributed by atoms with van der Waals surface area (Å²) < 4.78 is 11.0. The molecule has 0 radical (unpaired) electrons. The third kappa shape index (κ3) is 4.13. The Balaban J connectivity index is 1.81. The zero-order chi connectivity index (χ0) is 16.6. The average Bonchev–Trinajstić information content (AvgIpc) is 3.15. The molecule has 0 saturated carbocycles. The fourth-order valence-electron chi connectivity index (χ4n) is 2.43. The van der Waals surface area contributed by atoms with Crippen molar-refractivity contribution in [1.29, 1.82) is 0 Å². The maximum atomic E-state index is 6.06. The molecule has 3 rings (SSSR count). The summed E-state index contributed by atoms with van der Waals surface area (Å²) >= 11 is 1.69. The van der Waals surface area contributed by atoms with Crippen molar-refractivity contribution in [3.05, 3.63) is 88.7 Å². The predicted octanol–water partition coefficient (Wildman–Crippen LogP) is 5.71. The summed E-state index contributed by atoms with van der Waals surface area (Å²) in [6, 6.07) is 12.3. The van der Waals surface area contributed by atoms with Crippen LogP contribution in [-0.2, 0) is 4.74 Å². The van der Waals surface area contributed by atoms with Crippen LogP contribution >= 0.6 is 11.3 Å². The minimum Gasteiger partial charge on any atom is -0.455 e.